The van der Waals surface area contributed by atoms with E-state index < -0.39 is 0 Å². The van der Waals surface area contributed by atoms with Crippen LogP contribution in [0.2, 0.25) is 0 Å². The third-order valence-corrected chi connectivity index (χ3v) is 3.52. The first-order valence-corrected chi connectivity index (χ1v) is 6.33. The molecule has 0 saturated heterocycles. The van der Waals surface area contributed by atoms with Gasteiger partial charge < -0.3 is 10.5 Å². The number of aryl methyl sites for hydroxylation is 2. The van der Waals surface area contributed by atoms with Crippen molar-refractivity contribution in [3.8, 4) is 17.0 Å². The molecule has 1 aromatic heterocycles. The zero-order chi connectivity index (χ0) is 12.4. The summed E-state index contributed by atoms with van der Waals surface area (Å²) in [6.45, 7) is 4.62. The summed E-state index contributed by atoms with van der Waals surface area (Å²) in [5.41, 5.74) is 9.97. The van der Waals surface area contributed by atoms with Gasteiger partial charge in [-0.1, -0.05) is 6.07 Å². The van der Waals surface area contributed by atoms with Gasteiger partial charge in [-0.15, -0.1) is 11.3 Å². The molecule has 3 nitrogen and oxygen atoms in total. The summed E-state index contributed by atoms with van der Waals surface area (Å²) in [6, 6.07) is 4.17. The lowest BCUT2D eigenvalue weighted by Gasteiger charge is -2.11. The molecule has 1 aromatic carbocycles. The number of thiazole rings is 1. The molecule has 0 fully saturated rings. The largest absolute Gasteiger partial charge is 0.496 e. The summed E-state index contributed by atoms with van der Waals surface area (Å²) >= 11 is 1.58. The van der Waals surface area contributed by atoms with Crippen LogP contribution in [-0.4, -0.2) is 12.1 Å². The molecule has 0 atom stereocenters. The van der Waals surface area contributed by atoms with Gasteiger partial charge in [0.15, 0.2) is 0 Å². The number of ether oxygens (including phenoxy) is 1. The molecule has 17 heavy (non-hydrogen) atoms. The van der Waals surface area contributed by atoms with E-state index in [1.165, 1.54) is 11.1 Å². The van der Waals surface area contributed by atoms with Crippen LogP contribution in [0.3, 0.4) is 0 Å². The Labute approximate surface area is 105 Å². The highest BCUT2D eigenvalue weighted by Gasteiger charge is 2.13. The Balaban J connectivity index is 2.57. The predicted octanol–water partition coefficient (Wildman–Crippen LogP) is 2.89. The van der Waals surface area contributed by atoms with Crippen LogP contribution >= 0.6 is 11.3 Å². The number of nitrogens with zero attached hydrogens (tertiary/aromatic N) is 1. The van der Waals surface area contributed by atoms with Crippen molar-refractivity contribution in [2.24, 2.45) is 5.73 Å². The third kappa shape index (κ3) is 2.33. The van der Waals surface area contributed by atoms with E-state index in [0.29, 0.717) is 6.54 Å². The van der Waals surface area contributed by atoms with Gasteiger partial charge in [0.2, 0.25) is 0 Å². The molecule has 0 radical (unpaired) electrons. The van der Waals surface area contributed by atoms with Crippen LogP contribution in [0.1, 0.15) is 16.1 Å². The van der Waals surface area contributed by atoms with Crippen molar-refractivity contribution in [3.05, 3.63) is 33.6 Å². The van der Waals surface area contributed by atoms with Gasteiger partial charge in [0.1, 0.15) is 10.8 Å². The molecule has 0 amide bonds. The van der Waals surface area contributed by atoms with Crippen LogP contribution in [-0.2, 0) is 6.54 Å². The maximum atomic E-state index is 5.59. The average Bonchev–Trinajstić information content (AvgIpc) is 2.76. The average molecular weight is 248 g/mol. The van der Waals surface area contributed by atoms with E-state index in [0.717, 1.165) is 22.0 Å². The van der Waals surface area contributed by atoms with Crippen molar-refractivity contribution < 1.29 is 4.74 Å². The maximum Gasteiger partial charge on any atom is 0.128 e. The fraction of sp³-hybridized carbons (Fsp3) is 0.308. The molecule has 0 aliphatic heterocycles. The van der Waals surface area contributed by atoms with Gasteiger partial charge in [-0.25, -0.2) is 4.98 Å². The summed E-state index contributed by atoms with van der Waals surface area (Å²) in [4.78, 5) is 4.51. The fourth-order valence-electron chi connectivity index (χ4n) is 1.94. The van der Waals surface area contributed by atoms with Gasteiger partial charge in [-0.2, -0.15) is 0 Å². The number of nitrogens with two attached hydrogens (primary N) is 1. The molecule has 90 valence electrons. The van der Waals surface area contributed by atoms with Crippen LogP contribution < -0.4 is 10.5 Å². The molecule has 2 rings (SSSR count). The Kier molecular flexibility index (Phi) is 3.45. The summed E-state index contributed by atoms with van der Waals surface area (Å²) in [5.74, 6) is 0.872. The number of methoxy groups -OCH3 is 1. The Morgan fingerprint density at radius 1 is 1.35 bits per heavy atom. The SMILES string of the molecule is COc1cc(C)cc(C)c1-c1csc(CN)n1. The predicted molar refractivity (Wildman–Crippen MR) is 71.5 cm³/mol. The van der Waals surface area contributed by atoms with E-state index in [1.54, 1.807) is 18.4 Å². The monoisotopic (exact) mass is 248 g/mol. The van der Waals surface area contributed by atoms with Crippen molar-refractivity contribution in [3.63, 3.8) is 0 Å². The molecule has 0 saturated carbocycles. The van der Waals surface area contributed by atoms with E-state index in [-0.39, 0.29) is 0 Å². The lowest BCUT2D eigenvalue weighted by molar-refractivity contribution is 0.415. The van der Waals surface area contributed by atoms with Crippen LogP contribution in [0.5, 0.6) is 5.75 Å². The third-order valence-electron chi connectivity index (χ3n) is 2.65. The summed E-state index contributed by atoms with van der Waals surface area (Å²) < 4.78 is 5.44. The lowest BCUT2D eigenvalue weighted by Crippen LogP contribution is -1.96. The van der Waals surface area contributed by atoms with Crippen molar-refractivity contribution in [2.75, 3.05) is 7.11 Å². The van der Waals surface area contributed by atoms with E-state index in [2.05, 4.69) is 24.9 Å². The number of benzene rings is 1. The highest BCUT2D eigenvalue weighted by Crippen LogP contribution is 2.34. The number of hydrogen-bond donors (Lipinski definition) is 1. The van der Waals surface area contributed by atoms with Crippen molar-refractivity contribution in [1.29, 1.82) is 0 Å². The first-order valence-electron chi connectivity index (χ1n) is 5.45. The molecule has 0 aliphatic carbocycles. The van der Waals surface area contributed by atoms with Crippen molar-refractivity contribution >= 4 is 11.3 Å². The number of hydrogen-bond acceptors (Lipinski definition) is 4. The first-order chi connectivity index (χ1) is 8.15. The van der Waals surface area contributed by atoms with E-state index in [9.17, 15) is 0 Å². The number of aromatic nitrogens is 1. The zero-order valence-corrected chi connectivity index (χ0v) is 11.1. The molecule has 0 spiro atoms. The normalized spacial score (nSPS) is 10.6. The second-order valence-electron chi connectivity index (χ2n) is 3.99. The molecular formula is C13H16N2OS. The summed E-state index contributed by atoms with van der Waals surface area (Å²) in [6.07, 6.45) is 0. The second-order valence-corrected chi connectivity index (χ2v) is 4.93. The highest BCUT2D eigenvalue weighted by molar-refractivity contribution is 7.09. The van der Waals surface area contributed by atoms with Gasteiger partial charge in [-0.05, 0) is 31.0 Å². The number of rotatable bonds is 3. The molecule has 1 heterocycles. The van der Waals surface area contributed by atoms with Crippen LogP contribution in [0.15, 0.2) is 17.5 Å². The topological polar surface area (TPSA) is 48.1 Å². The van der Waals surface area contributed by atoms with E-state index in [4.69, 9.17) is 10.5 Å². The fourth-order valence-corrected chi connectivity index (χ4v) is 2.60. The molecule has 0 bridgehead atoms. The Morgan fingerprint density at radius 3 is 2.71 bits per heavy atom. The molecule has 4 heteroatoms. The first kappa shape index (κ1) is 12.1. The Morgan fingerprint density at radius 2 is 2.12 bits per heavy atom. The highest BCUT2D eigenvalue weighted by atomic mass is 32.1. The van der Waals surface area contributed by atoms with E-state index in [1.807, 2.05) is 11.4 Å². The van der Waals surface area contributed by atoms with Crippen LogP contribution in [0.25, 0.3) is 11.3 Å². The maximum absolute atomic E-state index is 5.59. The standard InChI is InChI=1S/C13H16N2OS/c1-8-4-9(2)13(11(5-8)16-3)10-7-17-12(6-14)15-10/h4-5,7H,6,14H2,1-3H3. The van der Waals surface area contributed by atoms with Gasteiger partial charge in [-0.3, -0.25) is 0 Å². The quantitative estimate of drug-likeness (QED) is 0.908. The molecular weight excluding hydrogens is 232 g/mol. The minimum atomic E-state index is 0.484. The summed E-state index contributed by atoms with van der Waals surface area (Å²) in [5, 5.41) is 2.98. The van der Waals surface area contributed by atoms with E-state index >= 15 is 0 Å². The summed E-state index contributed by atoms with van der Waals surface area (Å²) in [7, 11) is 1.69. The molecule has 0 unspecified atom stereocenters. The van der Waals surface area contributed by atoms with Crippen molar-refractivity contribution in [2.45, 2.75) is 20.4 Å². The molecule has 0 aliphatic rings. The van der Waals surface area contributed by atoms with Gasteiger partial charge in [0, 0.05) is 17.5 Å². The van der Waals surface area contributed by atoms with Gasteiger partial charge in [0.05, 0.1) is 12.8 Å². The van der Waals surface area contributed by atoms with Crippen molar-refractivity contribution in [1.82, 2.24) is 4.98 Å². The minimum absolute atomic E-state index is 0.484. The second kappa shape index (κ2) is 4.85. The molecule has 2 aromatic rings. The zero-order valence-electron chi connectivity index (χ0n) is 10.3. The molecule has 2 N–H and O–H groups in total. The van der Waals surface area contributed by atoms with Crippen LogP contribution in [0.4, 0.5) is 0 Å². The van der Waals surface area contributed by atoms with Crippen LogP contribution in [0, 0.1) is 13.8 Å². The Bertz CT molecular complexity index is 534. The Hall–Kier alpha value is -1.39. The minimum Gasteiger partial charge on any atom is -0.496 e. The van der Waals surface area contributed by atoms with Gasteiger partial charge in [0.25, 0.3) is 0 Å². The smallest absolute Gasteiger partial charge is 0.128 e. The van der Waals surface area contributed by atoms with Gasteiger partial charge >= 0.3 is 0 Å². The lowest BCUT2D eigenvalue weighted by atomic mass is 10.0.